The standard InChI is InChI=1S/C12H19N3O2/c1-10(9-17-2)15-12(16)8-13-7-11-5-3-4-6-14-11/h3-6,10,13H,7-9H2,1-2H3,(H,15,16). The molecule has 5 heteroatoms. The molecule has 0 fully saturated rings. The quantitative estimate of drug-likeness (QED) is 0.717. The number of nitrogens with zero attached hydrogens (tertiary/aromatic N) is 1. The lowest BCUT2D eigenvalue weighted by Gasteiger charge is -2.12. The summed E-state index contributed by atoms with van der Waals surface area (Å²) < 4.78 is 4.93. The van der Waals surface area contributed by atoms with Crippen LogP contribution in [0.5, 0.6) is 0 Å². The zero-order chi connectivity index (χ0) is 12.5. The highest BCUT2D eigenvalue weighted by atomic mass is 16.5. The third-order valence-electron chi connectivity index (χ3n) is 2.14. The molecule has 0 radical (unpaired) electrons. The Morgan fingerprint density at radius 3 is 3.00 bits per heavy atom. The van der Waals surface area contributed by atoms with Gasteiger partial charge in [0.15, 0.2) is 0 Å². The van der Waals surface area contributed by atoms with Crippen molar-refractivity contribution < 1.29 is 9.53 Å². The Morgan fingerprint density at radius 1 is 1.53 bits per heavy atom. The van der Waals surface area contributed by atoms with E-state index in [0.717, 1.165) is 5.69 Å². The molecular weight excluding hydrogens is 218 g/mol. The zero-order valence-corrected chi connectivity index (χ0v) is 10.3. The van der Waals surface area contributed by atoms with E-state index in [1.54, 1.807) is 13.3 Å². The van der Waals surface area contributed by atoms with Gasteiger partial charge in [0.1, 0.15) is 0 Å². The molecule has 1 unspecified atom stereocenters. The van der Waals surface area contributed by atoms with E-state index >= 15 is 0 Å². The SMILES string of the molecule is COCC(C)NC(=O)CNCc1ccccn1. The summed E-state index contributed by atoms with van der Waals surface area (Å²) in [5, 5.41) is 5.85. The van der Waals surface area contributed by atoms with E-state index in [1.807, 2.05) is 25.1 Å². The molecule has 0 aliphatic rings. The molecule has 94 valence electrons. The Bertz CT molecular complexity index is 330. The molecule has 1 atom stereocenters. The lowest BCUT2D eigenvalue weighted by atomic mass is 10.3. The molecular formula is C12H19N3O2. The molecule has 0 saturated carbocycles. The Hall–Kier alpha value is -1.46. The fraction of sp³-hybridized carbons (Fsp3) is 0.500. The van der Waals surface area contributed by atoms with Gasteiger partial charge in [-0.15, -0.1) is 0 Å². The van der Waals surface area contributed by atoms with Gasteiger partial charge >= 0.3 is 0 Å². The number of aromatic nitrogens is 1. The van der Waals surface area contributed by atoms with Crippen LogP contribution in [-0.2, 0) is 16.1 Å². The van der Waals surface area contributed by atoms with Crippen LogP contribution in [-0.4, -0.2) is 37.2 Å². The van der Waals surface area contributed by atoms with Crippen LogP contribution in [0.3, 0.4) is 0 Å². The van der Waals surface area contributed by atoms with Gasteiger partial charge in [0, 0.05) is 25.9 Å². The molecule has 2 N–H and O–H groups in total. The fourth-order valence-electron chi connectivity index (χ4n) is 1.42. The van der Waals surface area contributed by atoms with Gasteiger partial charge in [-0.1, -0.05) is 6.07 Å². The van der Waals surface area contributed by atoms with Crippen molar-refractivity contribution in [1.29, 1.82) is 0 Å². The number of rotatable bonds is 7. The molecule has 0 aliphatic heterocycles. The van der Waals surface area contributed by atoms with E-state index in [2.05, 4.69) is 15.6 Å². The first kappa shape index (κ1) is 13.6. The summed E-state index contributed by atoms with van der Waals surface area (Å²) in [6.45, 7) is 3.30. The molecule has 0 spiro atoms. The predicted molar refractivity (Wildman–Crippen MR) is 65.4 cm³/mol. The van der Waals surface area contributed by atoms with Crippen LogP contribution >= 0.6 is 0 Å². The van der Waals surface area contributed by atoms with E-state index in [4.69, 9.17) is 4.74 Å². The van der Waals surface area contributed by atoms with Gasteiger partial charge in [-0.3, -0.25) is 9.78 Å². The third-order valence-corrected chi connectivity index (χ3v) is 2.14. The molecule has 0 aliphatic carbocycles. The number of methoxy groups -OCH3 is 1. The van der Waals surface area contributed by atoms with Crippen molar-refractivity contribution >= 4 is 5.91 Å². The third kappa shape index (κ3) is 5.99. The molecule has 0 aromatic carbocycles. The number of hydrogen-bond donors (Lipinski definition) is 2. The largest absolute Gasteiger partial charge is 0.383 e. The van der Waals surface area contributed by atoms with E-state index in [0.29, 0.717) is 13.2 Å². The Labute approximate surface area is 102 Å². The minimum Gasteiger partial charge on any atom is -0.383 e. The first-order valence-corrected chi connectivity index (χ1v) is 5.61. The van der Waals surface area contributed by atoms with Crippen molar-refractivity contribution in [1.82, 2.24) is 15.6 Å². The number of amides is 1. The van der Waals surface area contributed by atoms with Crippen molar-refractivity contribution in [3.63, 3.8) is 0 Å². The summed E-state index contributed by atoms with van der Waals surface area (Å²) in [6.07, 6.45) is 1.73. The monoisotopic (exact) mass is 237 g/mol. The van der Waals surface area contributed by atoms with Crippen LogP contribution in [0.1, 0.15) is 12.6 Å². The second-order valence-corrected chi connectivity index (χ2v) is 3.85. The first-order valence-electron chi connectivity index (χ1n) is 5.61. The Morgan fingerprint density at radius 2 is 2.35 bits per heavy atom. The number of nitrogens with one attached hydrogen (secondary N) is 2. The summed E-state index contributed by atoms with van der Waals surface area (Å²) in [5.41, 5.74) is 0.922. The van der Waals surface area contributed by atoms with Crippen molar-refractivity contribution in [2.24, 2.45) is 0 Å². The van der Waals surface area contributed by atoms with Gasteiger partial charge in [-0.05, 0) is 19.1 Å². The van der Waals surface area contributed by atoms with Gasteiger partial charge in [0.25, 0.3) is 0 Å². The van der Waals surface area contributed by atoms with Crippen LogP contribution in [0.4, 0.5) is 0 Å². The molecule has 0 saturated heterocycles. The summed E-state index contributed by atoms with van der Waals surface area (Å²) in [5.74, 6) is -0.0366. The minimum absolute atomic E-state index is 0.0316. The smallest absolute Gasteiger partial charge is 0.234 e. The lowest BCUT2D eigenvalue weighted by molar-refractivity contribution is -0.121. The van der Waals surface area contributed by atoms with Crippen LogP contribution < -0.4 is 10.6 Å². The van der Waals surface area contributed by atoms with Crippen molar-refractivity contribution in [3.8, 4) is 0 Å². The van der Waals surface area contributed by atoms with Crippen molar-refractivity contribution in [3.05, 3.63) is 30.1 Å². The maximum atomic E-state index is 11.5. The highest BCUT2D eigenvalue weighted by molar-refractivity contribution is 5.78. The van der Waals surface area contributed by atoms with Crippen LogP contribution in [0.2, 0.25) is 0 Å². The Balaban J connectivity index is 2.16. The number of carbonyl (C=O) groups excluding carboxylic acids is 1. The van der Waals surface area contributed by atoms with Crippen LogP contribution in [0, 0.1) is 0 Å². The summed E-state index contributed by atoms with van der Waals surface area (Å²) >= 11 is 0. The predicted octanol–water partition coefficient (Wildman–Crippen LogP) is 0.322. The summed E-state index contributed by atoms with van der Waals surface area (Å²) in [6, 6.07) is 5.73. The number of hydrogen-bond acceptors (Lipinski definition) is 4. The van der Waals surface area contributed by atoms with Gasteiger partial charge < -0.3 is 15.4 Å². The van der Waals surface area contributed by atoms with E-state index in [-0.39, 0.29) is 18.5 Å². The normalized spacial score (nSPS) is 12.1. The van der Waals surface area contributed by atoms with E-state index in [9.17, 15) is 4.79 Å². The van der Waals surface area contributed by atoms with E-state index < -0.39 is 0 Å². The van der Waals surface area contributed by atoms with Crippen LogP contribution in [0.15, 0.2) is 24.4 Å². The topological polar surface area (TPSA) is 63.2 Å². The molecule has 17 heavy (non-hydrogen) atoms. The molecule has 1 aromatic heterocycles. The summed E-state index contributed by atoms with van der Waals surface area (Å²) in [4.78, 5) is 15.6. The first-order chi connectivity index (χ1) is 8.22. The molecule has 1 heterocycles. The molecule has 1 amide bonds. The number of ether oxygens (including phenoxy) is 1. The second kappa shape index (κ2) is 7.76. The number of pyridine rings is 1. The summed E-state index contributed by atoms with van der Waals surface area (Å²) in [7, 11) is 1.61. The highest BCUT2D eigenvalue weighted by Crippen LogP contribution is 1.91. The van der Waals surface area contributed by atoms with Gasteiger partial charge in [-0.2, -0.15) is 0 Å². The van der Waals surface area contributed by atoms with E-state index in [1.165, 1.54) is 0 Å². The second-order valence-electron chi connectivity index (χ2n) is 3.85. The van der Waals surface area contributed by atoms with Gasteiger partial charge in [0.05, 0.1) is 18.8 Å². The molecule has 1 aromatic rings. The molecule has 5 nitrogen and oxygen atoms in total. The maximum absolute atomic E-state index is 11.5. The fourth-order valence-corrected chi connectivity index (χ4v) is 1.42. The maximum Gasteiger partial charge on any atom is 0.234 e. The zero-order valence-electron chi connectivity index (χ0n) is 10.3. The molecule has 1 rings (SSSR count). The van der Waals surface area contributed by atoms with Crippen molar-refractivity contribution in [2.45, 2.75) is 19.5 Å². The highest BCUT2D eigenvalue weighted by Gasteiger charge is 2.06. The number of carbonyl (C=O) groups is 1. The minimum atomic E-state index is -0.0366. The lowest BCUT2D eigenvalue weighted by Crippen LogP contribution is -2.40. The van der Waals surface area contributed by atoms with Crippen LogP contribution in [0.25, 0.3) is 0 Å². The average molecular weight is 237 g/mol. The average Bonchev–Trinajstić information content (AvgIpc) is 2.30. The Kier molecular flexibility index (Phi) is 6.21. The van der Waals surface area contributed by atoms with Gasteiger partial charge in [0.2, 0.25) is 5.91 Å². The molecule has 0 bridgehead atoms. The van der Waals surface area contributed by atoms with Crippen molar-refractivity contribution in [2.75, 3.05) is 20.3 Å². The van der Waals surface area contributed by atoms with Gasteiger partial charge in [-0.25, -0.2) is 0 Å².